The fourth-order valence-corrected chi connectivity index (χ4v) is 21.4. The molecule has 4 heterocycles. The number of carbonyl (C=O) groups is 6. The molecule has 0 amide bonds. The molecule has 0 radical (unpaired) electrons. The van der Waals surface area contributed by atoms with Crippen LogP contribution in [0.3, 0.4) is 0 Å². The first-order valence-corrected chi connectivity index (χ1v) is 44.5. The normalized spacial score (nSPS) is 20.0. The van der Waals surface area contributed by atoms with E-state index in [2.05, 4.69) is 125 Å². The van der Waals surface area contributed by atoms with Crippen LogP contribution in [0.1, 0.15) is 212 Å². The second kappa shape index (κ2) is 48.9. The van der Waals surface area contributed by atoms with E-state index in [9.17, 15) is 28.8 Å². The molecule has 17 nitrogen and oxygen atoms in total. The molecular weight excluding hydrogens is 1440 g/mol. The van der Waals surface area contributed by atoms with Crippen molar-refractivity contribution >= 4 is 79.7 Å². The van der Waals surface area contributed by atoms with Gasteiger partial charge in [-0.15, -0.1) is 0 Å². The van der Waals surface area contributed by atoms with Crippen LogP contribution in [0.4, 0.5) is 25.8 Å². The summed E-state index contributed by atoms with van der Waals surface area (Å²) >= 11 is -1.61. The molecule has 102 heavy (non-hydrogen) atoms. The molecule has 4 aliphatic heterocycles. The molecule has 4 aliphatic carbocycles. The van der Waals surface area contributed by atoms with Crippen LogP contribution in [-0.4, -0.2) is 129 Å². The van der Waals surface area contributed by atoms with Crippen molar-refractivity contribution in [1.29, 1.82) is 0 Å². The molecule has 566 valence electrons. The Morgan fingerprint density at radius 2 is 0.873 bits per heavy atom. The van der Waals surface area contributed by atoms with Crippen molar-refractivity contribution in [3.8, 4) is 0 Å². The number of benzene rings is 3. The summed E-state index contributed by atoms with van der Waals surface area (Å²) in [6.07, 6.45) is 45.7. The monoisotopic (exact) mass is 1560 g/mol. The Labute approximate surface area is 622 Å². The van der Waals surface area contributed by atoms with Gasteiger partial charge in [0, 0.05) is 50.6 Å². The van der Waals surface area contributed by atoms with Crippen molar-refractivity contribution in [2.75, 3.05) is 62.5 Å². The van der Waals surface area contributed by atoms with Crippen LogP contribution in [0.2, 0.25) is 0 Å². The van der Waals surface area contributed by atoms with Gasteiger partial charge in [-0.25, -0.2) is 28.8 Å². The minimum atomic E-state index is -1.61. The zero-order valence-electron chi connectivity index (χ0n) is 61.4. The summed E-state index contributed by atoms with van der Waals surface area (Å²) in [4.78, 5) is 70.2. The Kier molecular flexibility index (Phi) is 40.7. The molecule has 21 heteroatoms. The number of allylic oxidation sites excluding steroid dienone is 4. The van der Waals surface area contributed by atoms with E-state index in [0.29, 0.717) is 0 Å². The number of rotatable bonds is 22. The quantitative estimate of drug-likeness (QED) is 0.0135. The topological polar surface area (TPSA) is 192 Å². The number of hydrogen-bond acceptors (Lipinski definition) is 17. The molecule has 0 N–H and O–H groups in total. The molecule has 3 aromatic rings. The predicted molar refractivity (Wildman–Crippen MR) is 407 cm³/mol. The summed E-state index contributed by atoms with van der Waals surface area (Å²) in [7, 11) is 11.3. The van der Waals surface area contributed by atoms with E-state index in [1.165, 1.54) is 112 Å². The fourth-order valence-electron chi connectivity index (χ4n) is 14.4. The van der Waals surface area contributed by atoms with Gasteiger partial charge in [-0.05, 0) is 192 Å². The summed E-state index contributed by atoms with van der Waals surface area (Å²) in [5.74, 6) is -1.50. The number of carbonyl (C=O) groups excluding carboxylic acids is 6. The summed E-state index contributed by atoms with van der Waals surface area (Å²) in [6.45, 7) is 21.1. The first-order valence-electron chi connectivity index (χ1n) is 37.2. The molecule has 3 unspecified atom stereocenters. The van der Waals surface area contributed by atoms with E-state index < -0.39 is 68.2 Å². The van der Waals surface area contributed by atoms with Crippen LogP contribution >= 0.6 is 27.3 Å². The zero-order valence-corrected chi connectivity index (χ0v) is 65.7. The van der Waals surface area contributed by atoms with Crippen LogP contribution in [-0.2, 0) is 70.5 Å². The van der Waals surface area contributed by atoms with E-state index >= 15 is 0 Å². The summed E-state index contributed by atoms with van der Waals surface area (Å²) < 4.78 is 44.2. The van der Waals surface area contributed by atoms with Crippen LogP contribution in [0.5, 0.6) is 0 Å². The third-order valence-corrected chi connectivity index (χ3v) is 25.4. The number of aryl methyl sites for hydroxylation is 6. The maximum absolute atomic E-state index is 11.5. The number of anilines is 2. The second-order valence-corrected chi connectivity index (χ2v) is 36.6. The van der Waals surface area contributed by atoms with Crippen molar-refractivity contribution in [2.45, 2.75) is 250 Å². The molecule has 0 spiro atoms. The molecular formula is C81H115Cl2N2O15PRu. The number of hydrogen-bond donors (Lipinski definition) is 0. The first-order chi connectivity index (χ1) is 49.3. The van der Waals surface area contributed by atoms with Gasteiger partial charge in [-0.1, -0.05) is 111 Å². The van der Waals surface area contributed by atoms with Gasteiger partial charge in [0.2, 0.25) is 0 Å². The first kappa shape index (κ1) is 84.9. The molecule has 3 aromatic carbocycles. The number of esters is 3. The van der Waals surface area contributed by atoms with Crippen molar-refractivity contribution in [3.63, 3.8) is 0 Å². The number of halogens is 2. The minimum absolute atomic E-state index is 0.0105. The number of ether oxygens (including phenoxy) is 9. The van der Waals surface area contributed by atoms with Crippen molar-refractivity contribution in [3.05, 3.63) is 149 Å². The third kappa shape index (κ3) is 33.4. The van der Waals surface area contributed by atoms with Gasteiger partial charge < -0.3 is 52.4 Å². The summed E-state index contributed by atoms with van der Waals surface area (Å²) in [5, 5.41) is 0. The van der Waals surface area contributed by atoms with Gasteiger partial charge in [0.1, 0.15) is 39.6 Å². The molecule has 11 rings (SSSR count). The second-order valence-electron chi connectivity index (χ2n) is 27.5. The van der Waals surface area contributed by atoms with Crippen molar-refractivity contribution < 1.29 is 84.9 Å². The van der Waals surface area contributed by atoms with Crippen molar-refractivity contribution in [1.82, 2.24) is 0 Å². The average Bonchev–Trinajstić information content (AvgIpc) is 1.45. The van der Waals surface area contributed by atoms with E-state index in [-0.39, 0.29) is 47.6 Å². The number of unbranched alkanes of at least 4 members (excludes halogenated alkanes) is 5. The van der Waals surface area contributed by atoms with E-state index in [1.54, 1.807) is 108 Å². The fraction of sp³-hybridized carbons (Fsp3) is 0.580. The Morgan fingerprint density at radius 3 is 1.21 bits per heavy atom. The van der Waals surface area contributed by atoms with E-state index in [4.69, 9.17) is 38.3 Å². The van der Waals surface area contributed by atoms with Crippen LogP contribution < -0.4 is 9.80 Å². The van der Waals surface area contributed by atoms with E-state index in [1.807, 2.05) is 34.9 Å². The number of cyclic esters (lactones) is 6. The standard InChI is InChI=1S/C21H27N2.C20H26O10.C18H33P.C8H14.C7H8O5.C7H6.2ClH.Ru/c1-14-9-16(3)20(17(4)10-14)22-7-8-23(13-22)21-18(5)11-15(2)12-19(21)6;21-17(25-11-15-13-27-19(23)29-15)9-7-5-3-1-2-4-6-8-10-18(22)26-12-16-14-28-20(24)30-16;1-4-10-16(11-5-1)19(17-12-6-2-7-13-17)18-14-8-3-9-15-18;1-2-4-6-8-7-5-3-1;1-2-6(8)10-3-5-4-11-7(9)12-5;1-7-5-3-2-4-6-7;;;/h9-13H,7-8H2,1-6H3;7-10,15-16H,1-6,11-14H2;16-18H,1-15H2;1-2H,3-8H2;2,5H,1,3-4H2;1-6H;2*1H;/q-1;;;;;;;;+2/p-1/b;9-7+,10-8+;;;;;;;. The molecule has 7 fully saturated rings. The van der Waals surface area contributed by atoms with Gasteiger partial charge in [0.05, 0.1) is 17.0 Å². The predicted octanol–water partition coefficient (Wildman–Crippen LogP) is 19.7. The Balaban J connectivity index is 0.000000203. The third-order valence-electron chi connectivity index (χ3n) is 18.9. The average molecular weight is 1560 g/mol. The SMILES string of the molecule is C1=CCCCCCC1.C1CCC([PH+](C2CCCCC2)C2CCCCC2)CC1.C=CC(=O)OCC1COC(=O)O1.Cc1cc(C)c(N2[CH-]N(c3c(C)cc(C)cc3C)CC2)c(C)c1.O=C(/C=C/CCCCCC/C=C/C(=O)OCC1COC(=O)O1)OCC1COC(=O)O1.[Cl][Ru]([Cl])=[CH]c1ccccc1. The van der Waals surface area contributed by atoms with Crippen LogP contribution in [0, 0.1) is 48.2 Å². The number of nitrogens with zero attached hydrogens (tertiary/aromatic N) is 2. The Morgan fingerprint density at radius 1 is 0.520 bits per heavy atom. The van der Waals surface area contributed by atoms with Gasteiger partial charge in [-0.3, -0.25) is 0 Å². The van der Waals surface area contributed by atoms with Gasteiger partial charge in [0.25, 0.3) is 0 Å². The van der Waals surface area contributed by atoms with Gasteiger partial charge in [0.15, 0.2) is 18.3 Å². The van der Waals surface area contributed by atoms with Crippen LogP contribution in [0.25, 0.3) is 0 Å². The van der Waals surface area contributed by atoms with E-state index in [0.717, 1.165) is 63.3 Å². The Bertz CT molecular complexity index is 2960. The molecule has 4 saturated heterocycles. The van der Waals surface area contributed by atoms with Gasteiger partial charge >= 0.3 is 110 Å². The Hall–Kier alpha value is -6.06. The summed E-state index contributed by atoms with van der Waals surface area (Å²) in [5.41, 5.74) is 15.6. The van der Waals surface area contributed by atoms with Crippen molar-refractivity contribution in [2.24, 2.45) is 0 Å². The zero-order chi connectivity index (χ0) is 73.3. The maximum atomic E-state index is 11.5. The molecule has 8 aliphatic rings. The van der Waals surface area contributed by atoms with Gasteiger partial charge in [-0.2, -0.15) is 6.67 Å². The van der Waals surface area contributed by atoms with Crippen LogP contribution in [0.15, 0.2) is 104 Å². The molecule has 3 atom stereocenters. The molecule has 3 saturated carbocycles. The summed E-state index contributed by atoms with van der Waals surface area (Å²) in [6, 6.07) is 19.0. The molecule has 0 aromatic heterocycles. The molecule has 0 bridgehead atoms.